The monoisotopic (exact) mass is 343 g/mol. The number of hydrogen-bond donors (Lipinski definition) is 0. The molecule has 0 aromatic heterocycles. The summed E-state index contributed by atoms with van der Waals surface area (Å²) in [6.45, 7) is 0.958. The maximum atomic E-state index is 13.0. The number of amides is 1. The van der Waals surface area contributed by atoms with Crippen molar-refractivity contribution in [1.29, 1.82) is 0 Å². The molecule has 0 spiro atoms. The molecule has 0 atom stereocenters. The predicted molar refractivity (Wildman–Crippen MR) is 100 cm³/mol. The summed E-state index contributed by atoms with van der Waals surface area (Å²) in [5, 5.41) is 0. The van der Waals surface area contributed by atoms with Gasteiger partial charge in [0, 0.05) is 24.6 Å². The van der Waals surface area contributed by atoms with E-state index in [0.29, 0.717) is 18.7 Å². The fraction of sp³-hybridized carbons (Fsp3) is 0.0870. The number of hydrogen-bond acceptors (Lipinski definition) is 1. The maximum absolute atomic E-state index is 13.0. The Bertz CT molecular complexity index is 868. The number of benzene rings is 3. The zero-order valence-corrected chi connectivity index (χ0v) is 14.2. The van der Waals surface area contributed by atoms with Crippen LogP contribution in [0.3, 0.4) is 0 Å². The third-order valence-electron chi connectivity index (χ3n) is 3.88. The molecule has 26 heavy (non-hydrogen) atoms. The highest BCUT2D eigenvalue weighted by molar-refractivity contribution is 5.94. The van der Waals surface area contributed by atoms with Crippen molar-refractivity contribution in [2.75, 3.05) is 0 Å². The van der Waals surface area contributed by atoms with E-state index in [4.69, 9.17) is 0 Å². The second kappa shape index (κ2) is 8.64. The van der Waals surface area contributed by atoms with Gasteiger partial charge in [-0.25, -0.2) is 4.39 Å². The van der Waals surface area contributed by atoms with E-state index in [1.54, 1.807) is 17.0 Å². The first-order chi connectivity index (χ1) is 12.7. The van der Waals surface area contributed by atoms with Gasteiger partial charge in [-0.15, -0.1) is 0 Å². The summed E-state index contributed by atoms with van der Waals surface area (Å²) < 4.78 is 13.0. The molecule has 0 N–H and O–H groups in total. The molecular formula is C23H18FNO. The summed E-state index contributed by atoms with van der Waals surface area (Å²) >= 11 is 0. The van der Waals surface area contributed by atoms with Crippen LogP contribution in [0.2, 0.25) is 0 Å². The summed E-state index contributed by atoms with van der Waals surface area (Å²) in [7, 11) is 0. The minimum Gasteiger partial charge on any atom is -0.323 e. The first-order valence-electron chi connectivity index (χ1n) is 8.35. The van der Waals surface area contributed by atoms with Gasteiger partial charge >= 0.3 is 0 Å². The van der Waals surface area contributed by atoms with Gasteiger partial charge in [-0.05, 0) is 35.4 Å². The highest BCUT2D eigenvalue weighted by Gasteiger charge is 2.12. The lowest BCUT2D eigenvalue weighted by molar-refractivity contribution is -0.126. The molecule has 0 aliphatic heterocycles. The maximum Gasteiger partial charge on any atom is 0.299 e. The molecule has 0 fully saturated rings. The number of rotatable bonds is 4. The van der Waals surface area contributed by atoms with E-state index in [1.807, 2.05) is 60.7 Å². The Kier molecular flexibility index (Phi) is 5.80. The fourth-order valence-corrected chi connectivity index (χ4v) is 2.55. The predicted octanol–water partition coefficient (Wildman–Crippen LogP) is 4.41. The van der Waals surface area contributed by atoms with Crippen LogP contribution in [0.1, 0.15) is 16.7 Å². The van der Waals surface area contributed by atoms with E-state index < -0.39 is 0 Å². The van der Waals surface area contributed by atoms with Crippen molar-refractivity contribution >= 4 is 5.91 Å². The Morgan fingerprint density at radius 3 is 1.77 bits per heavy atom. The molecule has 0 saturated carbocycles. The second-order valence-electron chi connectivity index (χ2n) is 5.89. The number of carbonyl (C=O) groups excluding carboxylic acids is 1. The molecule has 0 saturated heterocycles. The lowest BCUT2D eigenvalue weighted by Crippen LogP contribution is -2.28. The normalized spacial score (nSPS) is 9.88. The summed E-state index contributed by atoms with van der Waals surface area (Å²) in [5.74, 6) is 4.90. The molecule has 0 aliphatic rings. The van der Waals surface area contributed by atoms with E-state index in [0.717, 1.165) is 11.1 Å². The zero-order valence-electron chi connectivity index (χ0n) is 14.2. The van der Waals surface area contributed by atoms with Crippen LogP contribution in [-0.4, -0.2) is 10.8 Å². The fourth-order valence-electron chi connectivity index (χ4n) is 2.55. The van der Waals surface area contributed by atoms with Gasteiger partial charge in [0.05, 0.1) is 0 Å². The van der Waals surface area contributed by atoms with Crippen molar-refractivity contribution in [3.05, 3.63) is 107 Å². The molecule has 3 rings (SSSR count). The van der Waals surface area contributed by atoms with Gasteiger partial charge in [-0.2, -0.15) is 0 Å². The standard InChI is InChI=1S/C23H18FNO/c24-22-14-11-19(12-15-22)13-16-23(26)25(17-20-7-3-1-4-8-20)18-21-9-5-2-6-10-21/h1-12,14-15H,17-18H2. The van der Waals surface area contributed by atoms with Gasteiger partial charge in [0.2, 0.25) is 0 Å². The van der Waals surface area contributed by atoms with Crippen LogP contribution >= 0.6 is 0 Å². The van der Waals surface area contributed by atoms with Crippen LogP contribution in [0.15, 0.2) is 84.9 Å². The zero-order chi connectivity index (χ0) is 18.2. The van der Waals surface area contributed by atoms with E-state index >= 15 is 0 Å². The average molecular weight is 343 g/mol. The molecule has 0 aliphatic carbocycles. The first kappa shape index (κ1) is 17.4. The third kappa shape index (κ3) is 5.06. The quantitative estimate of drug-likeness (QED) is 0.643. The van der Waals surface area contributed by atoms with Crippen LogP contribution in [0, 0.1) is 17.7 Å². The van der Waals surface area contributed by atoms with Gasteiger partial charge in [0.1, 0.15) is 5.82 Å². The van der Waals surface area contributed by atoms with Crippen molar-refractivity contribution in [2.24, 2.45) is 0 Å². The summed E-state index contributed by atoms with van der Waals surface area (Å²) in [6, 6.07) is 25.4. The largest absolute Gasteiger partial charge is 0.323 e. The Morgan fingerprint density at radius 2 is 1.27 bits per heavy atom. The number of halogens is 1. The second-order valence-corrected chi connectivity index (χ2v) is 5.89. The Morgan fingerprint density at radius 1 is 0.769 bits per heavy atom. The van der Waals surface area contributed by atoms with E-state index in [-0.39, 0.29) is 11.7 Å². The molecule has 0 heterocycles. The lowest BCUT2D eigenvalue weighted by atomic mass is 10.1. The smallest absolute Gasteiger partial charge is 0.299 e. The molecule has 3 heteroatoms. The summed E-state index contributed by atoms with van der Waals surface area (Å²) in [6.07, 6.45) is 0. The molecule has 0 unspecified atom stereocenters. The van der Waals surface area contributed by atoms with E-state index in [9.17, 15) is 9.18 Å². The van der Waals surface area contributed by atoms with Crippen molar-refractivity contribution in [2.45, 2.75) is 13.1 Å². The number of carbonyl (C=O) groups is 1. The van der Waals surface area contributed by atoms with E-state index in [1.165, 1.54) is 12.1 Å². The molecule has 0 bridgehead atoms. The first-order valence-corrected chi connectivity index (χ1v) is 8.35. The van der Waals surface area contributed by atoms with Gasteiger partial charge in [0.15, 0.2) is 0 Å². The van der Waals surface area contributed by atoms with Crippen molar-refractivity contribution < 1.29 is 9.18 Å². The SMILES string of the molecule is O=C(C#Cc1ccc(F)cc1)N(Cc1ccccc1)Cc1ccccc1. The number of nitrogens with zero attached hydrogens (tertiary/aromatic N) is 1. The van der Waals surface area contributed by atoms with Gasteiger partial charge < -0.3 is 4.90 Å². The van der Waals surface area contributed by atoms with Crippen LogP contribution in [-0.2, 0) is 17.9 Å². The van der Waals surface area contributed by atoms with Crippen LogP contribution in [0.5, 0.6) is 0 Å². The molecule has 2 nitrogen and oxygen atoms in total. The van der Waals surface area contributed by atoms with Crippen molar-refractivity contribution in [3.8, 4) is 11.8 Å². The van der Waals surface area contributed by atoms with Crippen LogP contribution in [0.4, 0.5) is 4.39 Å². The Labute approximate surface area is 152 Å². The van der Waals surface area contributed by atoms with Crippen molar-refractivity contribution in [1.82, 2.24) is 4.90 Å². The molecule has 128 valence electrons. The summed E-state index contributed by atoms with van der Waals surface area (Å²) in [5.41, 5.74) is 2.69. The van der Waals surface area contributed by atoms with Gasteiger partial charge in [0.25, 0.3) is 5.91 Å². The highest BCUT2D eigenvalue weighted by atomic mass is 19.1. The molecule has 3 aromatic rings. The van der Waals surface area contributed by atoms with Gasteiger partial charge in [-0.3, -0.25) is 4.79 Å². The van der Waals surface area contributed by atoms with Crippen LogP contribution < -0.4 is 0 Å². The summed E-state index contributed by atoms with van der Waals surface area (Å²) in [4.78, 5) is 14.4. The molecule has 0 radical (unpaired) electrons. The lowest BCUT2D eigenvalue weighted by Gasteiger charge is -2.20. The topological polar surface area (TPSA) is 20.3 Å². The highest BCUT2D eigenvalue weighted by Crippen LogP contribution is 2.10. The molecule has 3 aromatic carbocycles. The van der Waals surface area contributed by atoms with Crippen molar-refractivity contribution in [3.63, 3.8) is 0 Å². The van der Waals surface area contributed by atoms with Crippen LogP contribution in [0.25, 0.3) is 0 Å². The molecule has 1 amide bonds. The Balaban J connectivity index is 1.79. The minimum absolute atomic E-state index is 0.262. The molecular weight excluding hydrogens is 325 g/mol. The Hall–Kier alpha value is -3.38. The van der Waals surface area contributed by atoms with Gasteiger partial charge in [-0.1, -0.05) is 66.6 Å². The average Bonchev–Trinajstić information content (AvgIpc) is 2.68. The minimum atomic E-state index is -0.323. The van der Waals surface area contributed by atoms with E-state index in [2.05, 4.69) is 11.8 Å². The third-order valence-corrected chi connectivity index (χ3v) is 3.88.